The van der Waals surface area contributed by atoms with Gasteiger partial charge in [-0.25, -0.2) is 4.79 Å². The van der Waals surface area contributed by atoms with Gasteiger partial charge in [-0.05, 0) is 36.9 Å². The summed E-state index contributed by atoms with van der Waals surface area (Å²) in [4.78, 5) is 14.8. The molecular weight excluding hydrogens is 294 g/mol. The molecule has 0 aliphatic carbocycles. The van der Waals surface area contributed by atoms with Gasteiger partial charge in [0.1, 0.15) is 0 Å². The Kier molecular flexibility index (Phi) is 5.17. The minimum absolute atomic E-state index is 0.307. The SMILES string of the molecule is COC(=O)c1ccc(CN(C)Cc2ccc(Cl)s2)cc1. The van der Waals surface area contributed by atoms with E-state index in [1.807, 2.05) is 24.3 Å². The van der Waals surface area contributed by atoms with Crippen LogP contribution in [0.4, 0.5) is 0 Å². The van der Waals surface area contributed by atoms with Crippen molar-refractivity contribution in [2.24, 2.45) is 0 Å². The predicted molar refractivity (Wildman–Crippen MR) is 82.3 cm³/mol. The van der Waals surface area contributed by atoms with Gasteiger partial charge in [0, 0.05) is 18.0 Å². The fourth-order valence-corrected chi connectivity index (χ4v) is 3.10. The average Bonchev–Trinajstić information content (AvgIpc) is 2.84. The number of rotatable bonds is 5. The zero-order valence-electron chi connectivity index (χ0n) is 11.4. The molecule has 3 nitrogen and oxygen atoms in total. The quantitative estimate of drug-likeness (QED) is 0.786. The van der Waals surface area contributed by atoms with Gasteiger partial charge in [0.15, 0.2) is 0 Å². The lowest BCUT2D eigenvalue weighted by Gasteiger charge is -2.15. The molecule has 0 aliphatic heterocycles. The Morgan fingerprint density at radius 3 is 2.45 bits per heavy atom. The number of carbonyl (C=O) groups is 1. The van der Waals surface area contributed by atoms with Crippen LogP contribution in [0.2, 0.25) is 4.34 Å². The van der Waals surface area contributed by atoms with E-state index < -0.39 is 0 Å². The summed E-state index contributed by atoms with van der Waals surface area (Å²) in [5.74, 6) is -0.307. The van der Waals surface area contributed by atoms with E-state index in [-0.39, 0.29) is 5.97 Å². The van der Waals surface area contributed by atoms with Crippen molar-refractivity contribution in [3.63, 3.8) is 0 Å². The molecule has 5 heteroatoms. The second-order valence-electron chi connectivity index (χ2n) is 4.57. The van der Waals surface area contributed by atoms with Crippen LogP contribution < -0.4 is 0 Å². The molecule has 20 heavy (non-hydrogen) atoms. The second kappa shape index (κ2) is 6.88. The van der Waals surface area contributed by atoms with E-state index in [1.165, 1.54) is 12.0 Å². The monoisotopic (exact) mass is 309 g/mol. The van der Waals surface area contributed by atoms with E-state index in [0.717, 1.165) is 23.0 Å². The molecule has 1 aromatic heterocycles. The van der Waals surface area contributed by atoms with Crippen molar-refractivity contribution in [1.82, 2.24) is 4.90 Å². The summed E-state index contributed by atoms with van der Waals surface area (Å²) in [7, 11) is 3.44. The number of ether oxygens (including phenoxy) is 1. The maximum Gasteiger partial charge on any atom is 0.337 e. The number of nitrogens with zero attached hydrogens (tertiary/aromatic N) is 1. The van der Waals surface area contributed by atoms with Gasteiger partial charge < -0.3 is 4.74 Å². The Morgan fingerprint density at radius 1 is 1.20 bits per heavy atom. The summed E-state index contributed by atoms with van der Waals surface area (Å²) in [6, 6.07) is 11.4. The largest absolute Gasteiger partial charge is 0.465 e. The molecule has 0 saturated carbocycles. The van der Waals surface area contributed by atoms with Crippen LogP contribution in [0, 0.1) is 0 Å². The van der Waals surface area contributed by atoms with Crippen molar-refractivity contribution in [1.29, 1.82) is 0 Å². The Morgan fingerprint density at radius 2 is 1.90 bits per heavy atom. The van der Waals surface area contributed by atoms with Crippen LogP contribution in [0.25, 0.3) is 0 Å². The van der Waals surface area contributed by atoms with Crippen LogP contribution in [0.3, 0.4) is 0 Å². The molecule has 1 heterocycles. The fourth-order valence-electron chi connectivity index (χ4n) is 1.93. The van der Waals surface area contributed by atoms with Gasteiger partial charge in [-0.15, -0.1) is 11.3 Å². The molecule has 0 unspecified atom stereocenters. The van der Waals surface area contributed by atoms with Crippen molar-refractivity contribution in [3.05, 3.63) is 56.7 Å². The van der Waals surface area contributed by atoms with Crippen LogP contribution in [0.15, 0.2) is 36.4 Å². The Hall–Kier alpha value is -1.36. The first kappa shape index (κ1) is 15.0. The summed E-state index contributed by atoms with van der Waals surface area (Å²) in [6.45, 7) is 1.67. The van der Waals surface area contributed by atoms with Gasteiger partial charge in [0.2, 0.25) is 0 Å². The normalized spacial score (nSPS) is 10.8. The lowest BCUT2D eigenvalue weighted by Crippen LogP contribution is -2.16. The van der Waals surface area contributed by atoms with Crippen LogP contribution in [0.5, 0.6) is 0 Å². The van der Waals surface area contributed by atoms with Crippen molar-refractivity contribution < 1.29 is 9.53 Å². The summed E-state index contributed by atoms with van der Waals surface area (Å²) in [5, 5.41) is 0. The third-order valence-electron chi connectivity index (χ3n) is 2.88. The first-order valence-electron chi connectivity index (χ1n) is 6.18. The third-order valence-corrected chi connectivity index (χ3v) is 4.10. The first-order valence-corrected chi connectivity index (χ1v) is 7.38. The van der Waals surface area contributed by atoms with Gasteiger partial charge in [-0.2, -0.15) is 0 Å². The Balaban J connectivity index is 1.94. The van der Waals surface area contributed by atoms with Crippen LogP contribution >= 0.6 is 22.9 Å². The van der Waals surface area contributed by atoms with Crippen molar-refractivity contribution in [2.45, 2.75) is 13.1 Å². The highest BCUT2D eigenvalue weighted by atomic mass is 35.5. The minimum atomic E-state index is -0.307. The van der Waals surface area contributed by atoms with E-state index in [0.29, 0.717) is 5.56 Å². The predicted octanol–water partition coefficient (Wildman–Crippen LogP) is 3.82. The number of esters is 1. The summed E-state index contributed by atoms with van der Waals surface area (Å²) in [6.07, 6.45) is 0. The Bertz CT molecular complexity index is 580. The van der Waals surface area contributed by atoms with E-state index >= 15 is 0 Å². The molecule has 106 valence electrons. The van der Waals surface area contributed by atoms with Crippen LogP contribution in [-0.2, 0) is 17.8 Å². The van der Waals surface area contributed by atoms with Crippen molar-refractivity contribution in [3.8, 4) is 0 Å². The molecule has 0 amide bonds. The highest BCUT2D eigenvalue weighted by molar-refractivity contribution is 7.16. The van der Waals surface area contributed by atoms with E-state index in [1.54, 1.807) is 23.5 Å². The highest BCUT2D eigenvalue weighted by Gasteiger charge is 2.07. The summed E-state index contributed by atoms with van der Waals surface area (Å²) < 4.78 is 5.49. The molecular formula is C15H16ClNO2S. The van der Waals surface area contributed by atoms with Crippen LogP contribution in [0.1, 0.15) is 20.8 Å². The van der Waals surface area contributed by atoms with Gasteiger partial charge >= 0.3 is 5.97 Å². The smallest absolute Gasteiger partial charge is 0.337 e. The number of thiophene rings is 1. The number of benzene rings is 1. The molecule has 0 radical (unpaired) electrons. The van der Waals surface area contributed by atoms with E-state index in [4.69, 9.17) is 11.6 Å². The second-order valence-corrected chi connectivity index (χ2v) is 6.37. The highest BCUT2D eigenvalue weighted by Crippen LogP contribution is 2.22. The minimum Gasteiger partial charge on any atom is -0.465 e. The number of hydrogen-bond acceptors (Lipinski definition) is 4. The van der Waals surface area contributed by atoms with E-state index in [2.05, 4.69) is 16.7 Å². The molecule has 0 N–H and O–H groups in total. The fraction of sp³-hybridized carbons (Fsp3) is 0.267. The number of hydrogen-bond donors (Lipinski definition) is 0. The van der Waals surface area contributed by atoms with Crippen molar-refractivity contribution >= 4 is 28.9 Å². The molecule has 1 aromatic carbocycles. The molecule has 2 aromatic rings. The zero-order chi connectivity index (χ0) is 14.5. The van der Waals surface area contributed by atoms with Gasteiger partial charge in [-0.1, -0.05) is 23.7 Å². The molecule has 0 atom stereocenters. The van der Waals surface area contributed by atoms with Crippen molar-refractivity contribution in [2.75, 3.05) is 14.2 Å². The Labute approximate surface area is 127 Å². The maximum atomic E-state index is 11.3. The third kappa shape index (κ3) is 4.07. The maximum absolute atomic E-state index is 11.3. The van der Waals surface area contributed by atoms with Crippen LogP contribution in [-0.4, -0.2) is 25.0 Å². The lowest BCUT2D eigenvalue weighted by atomic mass is 10.1. The summed E-state index contributed by atoms with van der Waals surface area (Å²) >= 11 is 7.52. The zero-order valence-corrected chi connectivity index (χ0v) is 13.0. The molecule has 0 bridgehead atoms. The van der Waals surface area contributed by atoms with Gasteiger partial charge in [0.25, 0.3) is 0 Å². The number of methoxy groups -OCH3 is 1. The topological polar surface area (TPSA) is 29.5 Å². The molecule has 0 fully saturated rings. The molecule has 0 saturated heterocycles. The first-order chi connectivity index (χ1) is 9.58. The lowest BCUT2D eigenvalue weighted by molar-refractivity contribution is 0.0600. The molecule has 0 spiro atoms. The van der Waals surface area contributed by atoms with Gasteiger partial charge in [0.05, 0.1) is 17.0 Å². The molecule has 0 aliphatic rings. The van der Waals surface area contributed by atoms with E-state index in [9.17, 15) is 4.79 Å². The standard InChI is InChI=1S/C15H16ClNO2S/c1-17(10-13-7-8-14(16)20-13)9-11-3-5-12(6-4-11)15(18)19-2/h3-8H,9-10H2,1-2H3. The number of carbonyl (C=O) groups excluding carboxylic acids is 1. The number of halogens is 1. The summed E-state index contributed by atoms with van der Waals surface area (Å²) in [5.41, 5.74) is 1.73. The average molecular weight is 310 g/mol. The molecule has 2 rings (SSSR count). The van der Waals surface area contributed by atoms with Gasteiger partial charge in [-0.3, -0.25) is 4.90 Å².